The molecule has 0 aromatic carbocycles. The Morgan fingerprint density at radius 2 is 0.481 bits per heavy atom. The smallest absolute Gasteiger partial charge is 0.306 e. The molecule has 0 aliphatic carbocycles. The molecule has 0 aromatic heterocycles. The molecule has 0 N–H and O–H groups in total. The molecule has 0 aromatic rings. The molecule has 0 amide bonds. The van der Waals surface area contributed by atoms with E-state index < -0.39 is 6.10 Å². The fourth-order valence-electron chi connectivity index (χ4n) is 9.11. The predicted octanol–water partition coefficient (Wildman–Crippen LogP) is 23.3. The summed E-state index contributed by atoms with van der Waals surface area (Å²) < 4.78 is 16.8. The summed E-state index contributed by atoms with van der Waals surface area (Å²) in [5.41, 5.74) is 0. The zero-order chi connectivity index (χ0) is 58.5. The minimum absolute atomic E-state index is 0.0888. The highest BCUT2D eigenvalue weighted by Crippen LogP contribution is 2.16. The minimum atomic E-state index is -0.792. The van der Waals surface area contributed by atoms with Crippen LogP contribution in [0.5, 0.6) is 0 Å². The van der Waals surface area contributed by atoms with Gasteiger partial charge < -0.3 is 14.2 Å². The molecule has 0 radical (unpaired) electrons. The Balaban J connectivity index is 4.21. The summed E-state index contributed by atoms with van der Waals surface area (Å²) in [4.78, 5) is 38.1. The molecule has 6 nitrogen and oxygen atoms in total. The van der Waals surface area contributed by atoms with Gasteiger partial charge in [0.2, 0.25) is 0 Å². The number of hydrogen-bond donors (Lipinski definition) is 0. The summed E-state index contributed by atoms with van der Waals surface area (Å²) in [5.74, 6) is -0.920. The number of carbonyl (C=O) groups is 3. The second kappa shape index (κ2) is 68.1. The second-order valence-electron chi connectivity index (χ2n) is 22.0. The Hall–Kier alpha value is -4.45. The lowest BCUT2D eigenvalue weighted by molar-refractivity contribution is -0.167. The first-order chi connectivity index (χ1) is 40.0. The maximum absolute atomic E-state index is 12.9. The first kappa shape index (κ1) is 76.5. The van der Waals surface area contributed by atoms with Crippen molar-refractivity contribution in [2.75, 3.05) is 13.2 Å². The first-order valence-corrected chi connectivity index (χ1v) is 33.7. The average molecular weight is 1120 g/mol. The van der Waals surface area contributed by atoms with E-state index in [0.29, 0.717) is 19.3 Å². The Morgan fingerprint density at radius 1 is 0.259 bits per heavy atom. The normalized spacial score (nSPS) is 13.0. The Labute approximate surface area is 500 Å². The van der Waals surface area contributed by atoms with E-state index in [2.05, 4.69) is 154 Å². The van der Waals surface area contributed by atoms with Gasteiger partial charge in [-0.25, -0.2) is 0 Å². The molecule has 0 aliphatic rings. The van der Waals surface area contributed by atoms with Crippen molar-refractivity contribution in [3.63, 3.8) is 0 Å². The molecule has 0 saturated carbocycles. The van der Waals surface area contributed by atoms with E-state index in [4.69, 9.17) is 14.2 Å². The molecule has 0 bridgehead atoms. The molecule has 0 saturated heterocycles. The van der Waals surface area contributed by atoms with E-state index in [1.54, 1.807) is 0 Å². The van der Waals surface area contributed by atoms with Crippen molar-refractivity contribution in [2.24, 2.45) is 0 Å². The zero-order valence-electron chi connectivity index (χ0n) is 52.8. The van der Waals surface area contributed by atoms with Crippen LogP contribution in [0.15, 0.2) is 134 Å². The van der Waals surface area contributed by atoms with E-state index in [1.807, 2.05) is 0 Å². The van der Waals surface area contributed by atoms with Crippen molar-refractivity contribution in [1.82, 2.24) is 0 Å². The van der Waals surface area contributed by atoms with Crippen molar-refractivity contribution >= 4 is 17.9 Å². The third-order valence-corrected chi connectivity index (χ3v) is 14.1. The van der Waals surface area contributed by atoms with Crippen LogP contribution in [0.4, 0.5) is 0 Å². The summed E-state index contributed by atoms with van der Waals surface area (Å²) in [7, 11) is 0. The first-order valence-electron chi connectivity index (χ1n) is 33.7. The number of unbranched alkanes of at least 4 members (excludes halogenated alkanes) is 27. The Kier molecular flexibility index (Phi) is 64.3. The molecule has 81 heavy (non-hydrogen) atoms. The van der Waals surface area contributed by atoms with Crippen LogP contribution in [0.3, 0.4) is 0 Å². The topological polar surface area (TPSA) is 78.9 Å². The van der Waals surface area contributed by atoms with Crippen LogP contribution < -0.4 is 0 Å². The maximum Gasteiger partial charge on any atom is 0.306 e. The van der Waals surface area contributed by atoms with Crippen LogP contribution in [-0.4, -0.2) is 37.2 Å². The SMILES string of the molecule is CC/C=C\C/C=C\C/C=C\C/C=C\C/C=C\C/C=C\C/C=C\C/C=C\CCCCCCC(=O)OCC(COC(=O)CCCCCCCCC)OC(=O)CCCCCCCCCCCCCC/C=C\C/C=C\C/C=C\CCCCCCC. The zero-order valence-corrected chi connectivity index (χ0v) is 52.8. The lowest BCUT2D eigenvalue weighted by atomic mass is 10.0. The van der Waals surface area contributed by atoms with Gasteiger partial charge in [-0.3, -0.25) is 14.4 Å². The third-order valence-electron chi connectivity index (χ3n) is 14.1. The van der Waals surface area contributed by atoms with Crippen LogP contribution in [0.25, 0.3) is 0 Å². The second-order valence-corrected chi connectivity index (χ2v) is 22.0. The highest BCUT2D eigenvalue weighted by molar-refractivity contribution is 5.71. The highest BCUT2D eigenvalue weighted by Gasteiger charge is 2.19. The quantitative estimate of drug-likeness (QED) is 0.0261. The summed E-state index contributed by atoms with van der Waals surface area (Å²) in [6.45, 7) is 6.46. The van der Waals surface area contributed by atoms with Crippen LogP contribution in [0.1, 0.15) is 303 Å². The monoisotopic (exact) mass is 1120 g/mol. The van der Waals surface area contributed by atoms with Crippen LogP contribution in [-0.2, 0) is 28.6 Å². The predicted molar refractivity (Wildman–Crippen MR) is 353 cm³/mol. The fraction of sp³-hybridized carbons (Fsp3) is 0.667. The Morgan fingerprint density at radius 3 is 0.753 bits per heavy atom. The minimum Gasteiger partial charge on any atom is -0.462 e. The molecule has 0 fully saturated rings. The fourth-order valence-corrected chi connectivity index (χ4v) is 9.11. The van der Waals surface area contributed by atoms with E-state index in [0.717, 1.165) is 135 Å². The lowest BCUT2D eigenvalue weighted by Crippen LogP contribution is -2.30. The summed E-state index contributed by atoms with van der Waals surface area (Å²) in [6, 6.07) is 0. The lowest BCUT2D eigenvalue weighted by Gasteiger charge is -2.18. The standard InChI is InChI=1S/C75H124O6/c1-4-7-10-13-16-18-20-22-24-26-28-30-32-34-36-37-39-40-42-44-46-48-50-52-54-56-59-62-65-68-74(77)80-71-72(70-79-73(76)67-64-61-58-15-12-9-6-3)81-75(78)69-66-63-60-57-55-53-51-49-47-45-43-41-38-35-33-31-29-27-25-23-21-19-17-14-11-8-5-2/h7,10,16,18,21-24,27-30,33-36,39-40,44,46,50,52,72H,4-6,8-9,11-15,17,19-20,25-26,31-32,37-38,41-43,45,47-49,51,53-71H2,1-3H3/b10-7-,18-16-,23-21-,24-22-,29-27-,30-28-,35-33-,36-34-,40-39-,46-44-,52-50-. The van der Waals surface area contributed by atoms with Gasteiger partial charge in [-0.2, -0.15) is 0 Å². The molecular weight excluding hydrogens is 997 g/mol. The number of hydrogen-bond acceptors (Lipinski definition) is 6. The number of rotatable bonds is 60. The summed E-state index contributed by atoms with van der Waals surface area (Å²) in [6.07, 6.45) is 96.3. The molecule has 0 aliphatic heterocycles. The van der Waals surface area contributed by atoms with Gasteiger partial charge in [-0.1, -0.05) is 296 Å². The van der Waals surface area contributed by atoms with Crippen LogP contribution >= 0.6 is 0 Å². The van der Waals surface area contributed by atoms with E-state index in [1.165, 1.54) is 128 Å². The molecule has 0 heterocycles. The molecular formula is C75H124O6. The van der Waals surface area contributed by atoms with Crippen molar-refractivity contribution in [2.45, 2.75) is 309 Å². The summed E-state index contributed by atoms with van der Waals surface area (Å²) >= 11 is 0. The number of carbonyl (C=O) groups excluding carboxylic acids is 3. The molecule has 0 rings (SSSR count). The summed E-state index contributed by atoms with van der Waals surface area (Å²) in [5, 5.41) is 0. The van der Waals surface area contributed by atoms with Crippen LogP contribution in [0.2, 0.25) is 0 Å². The van der Waals surface area contributed by atoms with Gasteiger partial charge in [0.05, 0.1) is 0 Å². The largest absolute Gasteiger partial charge is 0.462 e. The maximum atomic E-state index is 12.9. The van der Waals surface area contributed by atoms with Gasteiger partial charge >= 0.3 is 17.9 Å². The van der Waals surface area contributed by atoms with E-state index in [9.17, 15) is 14.4 Å². The van der Waals surface area contributed by atoms with Crippen molar-refractivity contribution < 1.29 is 28.6 Å². The molecule has 6 heteroatoms. The molecule has 460 valence electrons. The van der Waals surface area contributed by atoms with Gasteiger partial charge in [0.1, 0.15) is 13.2 Å². The van der Waals surface area contributed by atoms with Crippen molar-refractivity contribution in [3.8, 4) is 0 Å². The van der Waals surface area contributed by atoms with E-state index in [-0.39, 0.29) is 31.1 Å². The molecule has 0 spiro atoms. The van der Waals surface area contributed by atoms with Gasteiger partial charge in [-0.15, -0.1) is 0 Å². The average Bonchev–Trinajstić information content (AvgIpc) is 3.47. The van der Waals surface area contributed by atoms with Gasteiger partial charge in [0.15, 0.2) is 6.10 Å². The Bertz CT molecular complexity index is 1720. The molecule has 1 atom stereocenters. The number of ether oxygens (including phenoxy) is 3. The third kappa shape index (κ3) is 66.2. The van der Waals surface area contributed by atoms with Gasteiger partial charge in [0, 0.05) is 19.3 Å². The van der Waals surface area contributed by atoms with Gasteiger partial charge in [0.25, 0.3) is 0 Å². The van der Waals surface area contributed by atoms with E-state index >= 15 is 0 Å². The van der Waals surface area contributed by atoms with Crippen molar-refractivity contribution in [3.05, 3.63) is 134 Å². The van der Waals surface area contributed by atoms with Gasteiger partial charge in [-0.05, 0) is 122 Å². The number of allylic oxidation sites excluding steroid dienone is 22. The van der Waals surface area contributed by atoms with Crippen LogP contribution in [0, 0.1) is 0 Å². The molecule has 1 unspecified atom stereocenters. The highest BCUT2D eigenvalue weighted by atomic mass is 16.6. The number of esters is 3. The van der Waals surface area contributed by atoms with Crippen molar-refractivity contribution in [1.29, 1.82) is 0 Å².